The van der Waals surface area contributed by atoms with Crippen LogP contribution >= 0.6 is 0 Å². The second kappa shape index (κ2) is 7.16. The fraction of sp³-hybridized carbons (Fsp3) is 0.562. The Morgan fingerprint density at radius 1 is 1.10 bits per heavy atom. The van der Waals surface area contributed by atoms with E-state index < -0.39 is 0 Å². The van der Waals surface area contributed by atoms with Gasteiger partial charge in [-0.1, -0.05) is 25.0 Å². The van der Waals surface area contributed by atoms with Gasteiger partial charge in [0.15, 0.2) is 11.5 Å². The first kappa shape index (κ1) is 14.7. The number of hydrogen-bond donors (Lipinski definition) is 0. The molecule has 1 fully saturated rings. The lowest BCUT2D eigenvalue weighted by molar-refractivity contribution is 0.239. The van der Waals surface area contributed by atoms with Gasteiger partial charge >= 0.3 is 0 Å². The van der Waals surface area contributed by atoms with Crippen molar-refractivity contribution in [1.29, 1.82) is 5.26 Å². The minimum atomic E-state index is -0.266. The van der Waals surface area contributed by atoms with E-state index in [1.807, 2.05) is 18.2 Å². The van der Waals surface area contributed by atoms with Crippen molar-refractivity contribution >= 4 is 0 Å². The van der Waals surface area contributed by atoms with Gasteiger partial charge in [0, 0.05) is 5.56 Å². The standard InChI is InChI=1S/C16H22N2O2/c1-19-15-9-7-8-13(16(15)20-2)14(12-17)18-10-5-3-4-6-11-18/h7-9,14H,3-6,10-11H2,1-2H3. The normalized spacial score (nSPS) is 17.9. The number of rotatable bonds is 4. The van der Waals surface area contributed by atoms with Gasteiger partial charge in [-0.3, -0.25) is 4.90 Å². The predicted molar refractivity (Wildman–Crippen MR) is 77.9 cm³/mol. The average Bonchev–Trinajstić information content (AvgIpc) is 2.77. The lowest BCUT2D eigenvalue weighted by atomic mass is 10.0. The average molecular weight is 274 g/mol. The quantitative estimate of drug-likeness (QED) is 0.846. The van der Waals surface area contributed by atoms with E-state index in [2.05, 4.69) is 11.0 Å². The van der Waals surface area contributed by atoms with Crippen LogP contribution in [-0.2, 0) is 0 Å². The summed E-state index contributed by atoms with van der Waals surface area (Å²) in [4.78, 5) is 2.25. The maximum absolute atomic E-state index is 9.62. The Morgan fingerprint density at radius 2 is 1.80 bits per heavy atom. The largest absolute Gasteiger partial charge is 0.493 e. The van der Waals surface area contributed by atoms with Gasteiger partial charge in [-0.2, -0.15) is 5.26 Å². The van der Waals surface area contributed by atoms with E-state index in [9.17, 15) is 5.26 Å². The van der Waals surface area contributed by atoms with E-state index in [-0.39, 0.29) is 6.04 Å². The molecule has 20 heavy (non-hydrogen) atoms. The lowest BCUT2D eigenvalue weighted by Crippen LogP contribution is -2.29. The molecule has 1 aliphatic heterocycles. The maximum Gasteiger partial charge on any atom is 0.166 e. The summed E-state index contributed by atoms with van der Waals surface area (Å²) in [6.45, 7) is 1.94. The number of hydrogen-bond acceptors (Lipinski definition) is 4. The van der Waals surface area contributed by atoms with Crippen molar-refractivity contribution in [1.82, 2.24) is 4.90 Å². The highest BCUT2D eigenvalue weighted by atomic mass is 16.5. The molecule has 0 spiro atoms. The maximum atomic E-state index is 9.62. The van der Waals surface area contributed by atoms with E-state index >= 15 is 0 Å². The number of benzene rings is 1. The molecule has 4 nitrogen and oxygen atoms in total. The zero-order chi connectivity index (χ0) is 14.4. The molecule has 1 aromatic carbocycles. The van der Waals surface area contributed by atoms with Crippen molar-refractivity contribution in [2.45, 2.75) is 31.7 Å². The third kappa shape index (κ3) is 3.05. The first-order valence-electron chi connectivity index (χ1n) is 7.16. The SMILES string of the molecule is COc1cccc(C(C#N)N2CCCCCC2)c1OC. The zero-order valence-electron chi connectivity index (χ0n) is 12.3. The van der Waals surface area contributed by atoms with Gasteiger partial charge in [0.25, 0.3) is 0 Å². The van der Waals surface area contributed by atoms with Gasteiger partial charge in [-0.05, 0) is 32.0 Å². The van der Waals surface area contributed by atoms with E-state index in [1.54, 1.807) is 14.2 Å². The van der Waals surface area contributed by atoms with Crippen molar-refractivity contribution in [2.24, 2.45) is 0 Å². The fourth-order valence-electron chi connectivity index (χ4n) is 2.83. The fourth-order valence-corrected chi connectivity index (χ4v) is 2.83. The second-order valence-electron chi connectivity index (χ2n) is 5.06. The molecule has 0 aliphatic carbocycles. The third-order valence-corrected chi connectivity index (χ3v) is 3.86. The number of likely N-dealkylation sites (tertiary alicyclic amines) is 1. The van der Waals surface area contributed by atoms with Crippen LogP contribution in [0.1, 0.15) is 37.3 Å². The molecule has 0 saturated carbocycles. The molecule has 0 aromatic heterocycles. The highest BCUT2D eigenvalue weighted by molar-refractivity contribution is 5.49. The van der Waals surface area contributed by atoms with Gasteiger partial charge in [-0.15, -0.1) is 0 Å². The lowest BCUT2D eigenvalue weighted by Gasteiger charge is -2.27. The summed E-state index contributed by atoms with van der Waals surface area (Å²) >= 11 is 0. The Labute approximate surface area is 120 Å². The summed E-state index contributed by atoms with van der Waals surface area (Å²) in [5.41, 5.74) is 0.899. The van der Waals surface area contributed by atoms with E-state index in [4.69, 9.17) is 9.47 Å². The van der Waals surface area contributed by atoms with Gasteiger partial charge in [0.1, 0.15) is 6.04 Å². The van der Waals surface area contributed by atoms with E-state index in [1.165, 1.54) is 12.8 Å². The summed E-state index contributed by atoms with van der Waals surface area (Å²) < 4.78 is 10.8. The molecule has 1 atom stereocenters. The molecule has 108 valence electrons. The Kier molecular flexibility index (Phi) is 5.25. The molecule has 2 rings (SSSR count). The highest BCUT2D eigenvalue weighted by Crippen LogP contribution is 2.37. The molecule has 4 heteroatoms. The first-order chi connectivity index (χ1) is 9.81. The van der Waals surface area contributed by atoms with E-state index in [0.29, 0.717) is 11.5 Å². The summed E-state index contributed by atoms with van der Waals surface area (Å²) in [5.74, 6) is 1.35. The summed E-state index contributed by atoms with van der Waals surface area (Å²) in [5, 5.41) is 9.62. The summed E-state index contributed by atoms with van der Waals surface area (Å²) in [7, 11) is 3.24. The van der Waals surface area contributed by atoms with Gasteiger partial charge in [0.05, 0.1) is 20.3 Å². The Hall–Kier alpha value is -1.73. The van der Waals surface area contributed by atoms with Crippen LogP contribution in [0, 0.1) is 11.3 Å². The minimum absolute atomic E-state index is 0.266. The molecule has 1 saturated heterocycles. The van der Waals surface area contributed by atoms with Crippen molar-refractivity contribution in [2.75, 3.05) is 27.3 Å². The van der Waals surface area contributed by atoms with Crippen molar-refractivity contribution < 1.29 is 9.47 Å². The van der Waals surface area contributed by atoms with Crippen molar-refractivity contribution in [3.8, 4) is 17.6 Å². The number of nitrogens with zero attached hydrogens (tertiary/aromatic N) is 2. The van der Waals surface area contributed by atoms with Crippen LogP contribution in [0.2, 0.25) is 0 Å². The smallest absolute Gasteiger partial charge is 0.166 e. The number of nitriles is 1. The molecule has 1 heterocycles. The van der Waals surface area contributed by atoms with E-state index in [0.717, 1.165) is 31.5 Å². The number of para-hydroxylation sites is 1. The number of methoxy groups -OCH3 is 2. The van der Waals surface area contributed by atoms with Gasteiger partial charge in [-0.25, -0.2) is 0 Å². The molecule has 0 N–H and O–H groups in total. The van der Waals surface area contributed by atoms with Crippen LogP contribution in [0.4, 0.5) is 0 Å². The van der Waals surface area contributed by atoms with Gasteiger partial charge in [0.2, 0.25) is 0 Å². The molecular formula is C16H22N2O2. The monoisotopic (exact) mass is 274 g/mol. The van der Waals surface area contributed by atoms with Crippen LogP contribution in [0.25, 0.3) is 0 Å². The second-order valence-corrected chi connectivity index (χ2v) is 5.06. The Morgan fingerprint density at radius 3 is 2.35 bits per heavy atom. The Balaban J connectivity index is 2.33. The molecule has 0 radical (unpaired) electrons. The van der Waals surface area contributed by atoms with Crippen LogP contribution in [0.15, 0.2) is 18.2 Å². The number of ether oxygens (including phenoxy) is 2. The molecule has 1 unspecified atom stereocenters. The van der Waals surface area contributed by atoms with Crippen LogP contribution in [0.3, 0.4) is 0 Å². The first-order valence-corrected chi connectivity index (χ1v) is 7.16. The van der Waals surface area contributed by atoms with Crippen LogP contribution in [-0.4, -0.2) is 32.2 Å². The minimum Gasteiger partial charge on any atom is -0.493 e. The van der Waals surface area contributed by atoms with Crippen molar-refractivity contribution in [3.63, 3.8) is 0 Å². The van der Waals surface area contributed by atoms with Crippen molar-refractivity contribution in [3.05, 3.63) is 23.8 Å². The Bertz CT molecular complexity index is 474. The highest BCUT2D eigenvalue weighted by Gasteiger charge is 2.25. The molecule has 0 amide bonds. The molecule has 0 bridgehead atoms. The van der Waals surface area contributed by atoms with Crippen LogP contribution in [0.5, 0.6) is 11.5 Å². The molecular weight excluding hydrogens is 252 g/mol. The summed E-state index contributed by atoms with van der Waals surface area (Å²) in [6, 6.07) is 7.90. The molecule has 1 aliphatic rings. The summed E-state index contributed by atoms with van der Waals surface area (Å²) in [6.07, 6.45) is 4.82. The van der Waals surface area contributed by atoms with Gasteiger partial charge < -0.3 is 9.47 Å². The van der Waals surface area contributed by atoms with Crippen LogP contribution < -0.4 is 9.47 Å². The topological polar surface area (TPSA) is 45.5 Å². The zero-order valence-corrected chi connectivity index (χ0v) is 12.3. The molecule has 1 aromatic rings. The third-order valence-electron chi connectivity index (χ3n) is 3.86. The predicted octanol–water partition coefficient (Wildman–Crippen LogP) is 3.14.